The van der Waals surface area contributed by atoms with Crippen molar-refractivity contribution in [3.8, 4) is 11.5 Å². The zero-order valence-corrected chi connectivity index (χ0v) is 16.3. The fourth-order valence-corrected chi connectivity index (χ4v) is 2.93. The first kappa shape index (κ1) is 20.1. The standard InChI is InChI=1S/C22H23N3O4/c1-3-29-17-11-7-8-15(12-17)13-23-21(27)18-19(26)22(28)25-20(24-18)14(2)16-9-5-4-6-10-16/h4-12,14,26H,3,13H2,1-2H3,(H,23,27)(H,24,25,28). The number of aromatic amines is 1. The second-order valence-electron chi connectivity index (χ2n) is 6.54. The summed E-state index contributed by atoms with van der Waals surface area (Å²) in [5.74, 6) is -0.566. The molecule has 1 aromatic heterocycles. The van der Waals surface area contributed by atoms with Gasteiger partial charge in [0, 0.05) is 12.5 Å². The number of amides is 1. The molecule has 1 atom stereocenters. The molecule has 3 aromatic rings. The van der Waals surface area contributed by atoms with E-state index in [0.29, 0.717) is 18.2 Å². The Kier molecular flexibility index (Phi) is 6.29. The Hall–Kier alpha value is -3.61. The summed E-state index contributed by atoms with van der Waals surface area (Å²) in [7, 11) is 0. The van der Waals surface area contributed by atoms with Gasteiger partial charge in [-0.05, 0) is 30.2 Å². The van der Waals surface area contributed by atoms with Gasteiger partial charge in [0.2, 0.25) is 5.75 Å². The third-order valence-electron chi connectivity index (χ3n) is 4.50. The topological polar surface area (TPSA) is 104 Å². The maximum Gasteiger partial charge on any atom is 0.293 e. The van der Waals surface area contributed by atoms with Gasteiger partial charge in [-0.25, -0.2) is 4.98 Å². The Morgan fingerprint density at radius 3 is 2.69 bits per heavy atom. The number of hydrogen-bond donors (Lipinski definition) is 3. The maximum absolute atomic E-state index is 12.6. The fourth-order valence-electron chi connectivity index (χ4n) is 2.93. The number of benzene rings is 2. The highest BCUT2D eigenvalue weighted by molar-refractivity contribution is 5.94. The van der Waals surface area contributed by atoms with Crippen molar-refractivity contribution in [1.82, 2.24) is 15.3 Å². The van der Waals surface area contributed by atoms with E-state index in [0.717, 1.165) is 11.1 Å². The van der Waals surface area contributed by atoms with Crippen molar-refractivity contribution in [2.24, 2.45) is 0 Å². The lowest BCUT2D eigenvalue weighted by Gasteiger charge is -2.13. The van der Waals surface area contributed by atoms with E-state index in [-0.39, 0.29) is 18.2 Å². The molecule has 0 aliphatic carbocycles. The van der Waals surface area contributed by atoms with Gasteiger partial charge in [-0.1, -0.05) is 49.4 Å². The minimum atomic E-state index is -0.749. The van der Waals surface area contributed by atoms with Crippen molar-refractivity contribution in [2.75, 3.05) is 6.61 Å². The van der Waals surface area contributed by atoms with E-state index in [1.807, 2.05) is 68.4 Å². The van der Waals surface area contributed by atoms with Crippen molar-refractivity contribution in [1.29, 1.82) is 0 Å². The normalized spacial score (nSPS) is 11.7. The second kappa shape index (κ2) is 9.05. The van der Waals surface area contributed by atoms with Crippen molar-refractivity contribution in [3.05, 3.63) is 87.6 Å². The molecule has 0 fully saturated rings. The molecule has 3 rings (SSSR count). The maximum atomic E-state index is 12.6. The van der Waals surface area contributed by atoms with E-state index in [1.54, 1.807) is 0 Å². The highest BCUT2D eigenvalue weighted by Crippen LogP contribution is 2.21. The van der Waals surface area contributed by atoms with Crippen molar-refractivity contribution in [2.45, 2.75) is 26.3 Å². The molecular formula is C22H23N3O4. The van der Waals surface area contributed by atoms with E-state index in [1.165, 1.54) is 0 Å². The quantitative estimate of drug-likeness (QED) is 0.572. The Bertz CT molecular complexity index is 1050. The molecule has 150 valence electrons. The number of nitrogens with one attached hydrogen (secondary N) is 2. The molecule has 0 saturated carbocycles. The third-order valence-corrected chi connectivity index (χ3v) is 4.50. The first-order valence-corrected chi connectivity index (χ1v) is 9.37. The molecule has 1 amide bonds. The van der Waals surface area contributed by atoms with Gasteiger partial charge in [-0.3, -0.25) is 9.59 Å². The Balaban J connectivity index is 1.80. The fraction of sp³-hybridized carbons (Fsp3) is 0.227. The van der Waals surface area contributed by atoms with Gasteiger partial charge in [0.15, 0.2) is 5.69 Å². The molecule has 2 aromatic carbocycles. The van der Waals surface area contributed by atoms with Gasteiger partial charge in [-0.15, -0.1) is 0 Å². The molecular weight excluding hydrogens is 370 g/mol. The van der Waals surface area contributed by atoms with Crippen LogP contribution in [0.1, 0.15) is 47.2 Å². The van der Waals surface area contributed by atoms with Crippen LogP contribution < -0.4 is 15.6 Å². The molecule has 7 nitrogen and oxygen atoms in total. The van der Waals surface area contributed by atoms with E-state index in [2.05, 4.69) is 15.3 Å². The Morgan fingerprint density at radius 1 is 1.21 bits per heavy atom. The van der Waals surface area contributed by atoms with Crippen LogP contribution >= 0.6 is 0 Å². The van der Waals surface area contributed by atoms with Crippen molar-refractivity contribution < 1.29 is 14.6 Å². The van der Waals surface area contributed by atoms with Crippen LogP contribution in [0.5, 0.6) is 11.5 Å². The smallest absolute Gasteiger partial charge is 0.293 e. The molecule has 0 spiro atoms. The largest absolute Gasteiger partial charge is 0.501 e. The molecule has 1 heterocycles. The number of aromatic hydroxyl groups is 1. The molecule has 29 heavy (non-hydrogen) atoms. The number of carbonyl (C=O) groups is 1. The Labute approximate surface area is 168 Å². The summed E-state index contributed by atoms with van der Waals surface area (Å²) in [6.07, 6.45) is 0. The molecule has 1 unspecified atom stereocenters. The minimum Gasteiger partial charge on any atom is -0.501 e. The molecule has 0 radical (unpaired) electrons. The van der Waals surface area contributed by atoms with Crippen LogP contribution in [0, 0.1) is 0 Å². The monoisotopic (exact) mass is 393 g/mol. The molecule has 0 aliphatic heterocycles. The van der Waals surface area contributed by atoms with Crippen LogP contribution in [0.3, 0.4) is 0 Å². The van der Waals surface area contributed by atoms with Crippen LogP contribution in [-0.4, -0.2) is 27.6 Å². The highest BCUT2D eigenvalue weighted by Gasteiger charge is 2.20. The predicted molar refractivity (Wildman–Crippen MR) is 109 cm³/mol. The summed E-state index contributed by atoms with van der Waals surface area (Å²) < 4.78 is 5.45. The third kappa shape index (κ3) is 4.82. The van der Waals surface area contributed by atoms with Crippen LogP contribution in [-0.2, 0) is 6.54 Å². The zero-order chi connectivity index (χ0) is 20.8. The van der Waals surface area contributed by atoms with Crippen LogP contribution in [0.4, 0.5) is 0 Å². The van der Waals surface area contributed by atoms with E-state index < -0.39 is 17.2 Å². The van der Waals surface area contributed by atoms with Crippen molar-refractivity contribution in [3.63, 3.8) is 0 Å². The molecule has 0 bridgehead atoms. The summed E-state index contributed by atoms with van der Waals surface area (Å²) >= 11 is 0. The zero-order valence-electron chi connectivity index (χ0n) is 16.3. The first-order valence-electron chi connectivity index (χ1n) is 9.37. The van der Waals surface area contributed by atoms with Gasteiger partial charge < -0.3 is 20.1 Å². The SMILES string of the molecule is CCOc1cccc(CNC(=O)c2nc(C(C)c3ccccc3)[nH]c(=O)c2O)c1. The number of ether oxygens (including phenoxy) is 1. The summed E-state index contributed by atoms with van der Waals surface area (Å²) in [4.78, 5) is 31.5. The molecule has 0 aliphatic rings. The van der Waals surface area contributed by atoms with Crippen molar-refractivity contribution >= 4 is 5.91 Å². The summed E-state index contributed by atoms with van der Waals surface area (Å²) in [5.41, 5.74) is 0.709. The Morgan fingerprint density at radius 2 is 1.97 bits per heavy atom. The van der Waals surface area contributed by atoms with E-state index in [9.17, 15) is 14.7 Å². The minimum absolute atomic E-state index is 0.206. The number of carbonyl (C=O) groups excluding carboxylic acids is 1. The van der Waals surface area contributed by atoms with Crippen LogP contribution in [0.25, 0.3) is 0 Å². The average Bonchev–Trinajstić information content (AvgIpc) is 2.74. The predicted octanol–water partition coefficient (Wildman–Crippen LogP) is 2.96. The van der Waals surface area contributed by atoms with Gasteiger partial charge in [0.1, 0.15) is 11.6 Å². The lowest BCUT2D eigenvalue weighted by atomic mass is 10.0. The summed E-state index contributed by atoms with van der Waals surface area (Å²) in [6, 6.07) is 16.8. The van der Waals surface area contributed by atoms with E-state index in [4.69, 9.17) is 4.74 Å². The van der Waals surface area contributed by atoms with Gasteiger partial charge >= 0.3 is 0 Å². The van der Waals surface area contributed by atoms with Gasteiger partial charge in [0.25, 0.3) is 11.5 Å². The number of hydrogen-bond acceptors (Lipinski definition) is 5. The number of nitrogens with zero attached hydrogens (tertiary/aromatic N) is 1. The lowest BCUT2D eigenvalue weighted by Crippen LogP contribution is -2.27. The van der Waals surface area contributed by atoms with E-state index >= 15 is 0 Å². The van der Waals surface area contributed by atoms with Crippen LogP contribution in [0.15, 0.2) is 59.4 Å². The van der Waals surface area contributed by atoms with Gasteiger partial charge in [-0.2, -0.15) is 0 Å². The van der Waals surface area contributed by atoms with Gasteiger partial charge in [0.05, 0.1) is 6.61 Å². The average molecular weight is 393 g/mol. The number of H-pyrrole nitrogens is 1. The molecule has 3 N–H and O–H groups in total. The second-order valence-corrected chi connectivity index (χ2v) is 6.54. The first-order chi connectivity index (χ1) is 14.0. The summed E-state index contributed by atoms with van der Waals surface area (Å²) in [5, 5.41) is 12.8. The lowest BCUT2D eigenvalue weighted by molar-refractivity contribution is 0.0942. The molecule has 7 heteroatoms. The highest BCUT2D eigenvalue weighted by atomic mass is 16.5. The number of aromatic nitrogens is 2. The molecule has 0 saturated heterocycles. The summed E-state index contributed by atoms with van der Waals surface area (Å²) in [6.45, 7) is 4.51. The van der Waals surface area contributed by atoms with Crippen LogP contribution in [0.2, 0.25) is 0 Å². The number of rotatable bonds is 7.